The summed E-state index contributed by atoms with van der Waals surface area (Å²) in [5, 5.41) is 2.28. The van der Waals surface area contributed by atoms with E-state index >= 15 is 0 Å². The Labute approximate surface area is 221 Å². The molecule has 0 aromatic heterocycles. The molecule has 33 heavy (non-hydrogen) atoms. The van der Waals surface area contributed by atoms with E-state index in [0.717, 1.165) is 20.9 Å². The fourth-order valence-corrected chi connectivity index (χ4v) is 5.50. The molecular weight excluding hydrogens is 526 g/mol. The van der Waals surface area contributed by atoms with E-state index in [0.29, 0.717) is 59.4 Å². The molecule has 0 saturated heterocycles. The first-order valence-corrected chi connectivity index (χ1v) is 13.3. The van der Waals surface area contributed by atoms with E-state index in [1.54, 1.807) is 0 Å². The average Bonchev–Trinajstić information content (AvgIpc) is 2.75. The van der Waals surface area contributed by atoms with Crippen LogP contribution in [-0.2, 0) is 31.8 Å². The molecule has 0 aliphatic rings. The standard InChI is InChI=1S/C24H30Cl4O4S/c1-5-29-21(30-6-2)11-15-9-17(25)13-19(23(15)27)33-20-14-18(26)10-16(24(20)28)12-22(31-7-3)32-8-4/h9-10,13-14,21-22H,5-8,11-12H2,1-4H3. The predicted molar refractivity (Wildman–Crippen MR) is 139 cm³/mol. The Morgan fingerprint density at radius 3 is 1.24 bits per heavy atom. The fraction of sp³-hybridized carbons (Fsp3) is 0.500. The summed E-state index contributed by atoms with van der Waals surface area (Å²) < 4.78 is 22.7. The molecule has 0 heterocycles. The highest BCUT2D eigenvalue weighted by molar-refractivity contribution is 7.99. The van der Waals surface area contributed by atoms with Gasteiger partial charge in [0.05, 0.1) is 10.0 Å². The van der Waals surface area contributed by atoms with E-state index in [4.69, 9.17) is 65.4 Å². The van der Waals surface area contributed by atoms with Crippen molar-refractivity contribution >= 4 is 58.2 Å². The molecule has 0 spiro atoms. The van der Waals surface area contributed by atoms with Crippen LogP contribution in [0, 0.1) is 0 Å². The Balaban J connectivity index is 2.34. The lowest BCUT2D eigenvalue weighted by Crippen LogP contribution is -2.20. The van der Waals surface area contributed by atoms with Crippen LogP contribution in [0.3, 0.4) is 0 Å². The summed E-state index contributed by atoms with van der Waals surface area (Å²) in [6.07, 6.45) is 0.162. The van der Waals surface area contributed by atoms with Crippen molar-refractivity contribution in [3.05, 3.63) is 55.5 Å². The van der Waals surface area contributed by atoms with E-state index in [1.165, 1.54) is 11.8 Å². The lowest BCUT2D eigenvalue weighted by Gasteiger charge is -2.20. The van der Waals surface area contributed by atoms with Gasteiger partial charge >= 0.3 is 0 Å². The zero-order valence-corrected chi connectivity index (χ0v) is 23.1. The van der Waals surface area contributed by atoms with E-state index in [2.05, 4.69) is 0 Å². The first-order valence-electron chi connectivity index (χ1n) is 10.9. The molecular formula is C24H30Cl4O4S. The van der Waals surface area contributed by atoms with Crippen LogP contribution in [0.25, 0.3) is 0 Å². The Hall–Kier alpha value is -0.210. The molecule has 0 amide bonds. The number of benzene rings is 2. The number of hydrogen-bond acceptors (Lipinski definition) is 5. The lowest BCUT2D eigenvalue weighted by molar-refractivity contribution is -0.134. The average molecular weight is 556 g/mol. The molecule has 0 radical (unpaired) electrons. The first-order chi connectivity index (χ1) is 15.8. The van der Waals surface area contributed by atoms with Gasteiger partial charge in [-0.05, 0) is 63.1 Å². The zero-order valence-electron chi connectivity index (χ0n) is 19.3. The summed E-state index contributed by atoms with van der Waals surface area (Å²) in [5.74, 6) is 0. The largest absolute Gasteiger partial charge is 0.353 e. The molecule has 2 aromatic rings. The minimum absolute atomic E-state index is 0.399. The van der Waals surface area contributed by atoms with Crippen LogP contribution in [0.5, 0.6) is 0 Å². The molecule has 2 rings (SSSR count). The van der Waals surface area contributed by atoms with Gasteiger partial charge < -0.3 is 18.9 Å². The maximum Gasteiger partial charge on any atom is 0.161 e. The van der Waals surface area contributed by atoms with Crippen LogP contribution in [0.2, 0.25) is 20.1 Å². The van der Waals surface area contributed by atoms with Gasteiger partial charge in [0.2, 0.25) is 0 Å². The molecule has 0 bridgehead atoms. The molecule has 0 saturated carbocycles. The van der Waals surface area contributed by atoms with Gasteiger partial charge in [-0.1, -0.05) is 58.2 Å². The summed E-state index contributed by atoms with van der Waals surface area (Å²) in [6, 6.07) is 7.29. The van der Waals surface area contributed by atoms with Crippen LogP contribution in [-0.4, -0.2) is 39.0 Å². The number of rotatable bonds is 14. The monoisotopic (exact) mass is 554 g/mol. The predicted octanol–water partition coefficient (Wildman–Crippen LogP) is 8.33. The first kappa shape index (κ1) is 29.0. The fourth-order valence-electron chi connectivity index (χ4n) is 3.24. The highest BCUT2D eigenvalue weighted by atomic mass is 35.5. The molecule has 9 heteroatoms. The smallest absolute Gasteiger partial charge is 0.161 e. The molecule has 0 unspecified atom stereocenters. The molecule has 0 aliphatic heterocycles. The van der Waals surface area contributed by atoms with Crippen molar-refractivity contribution in [2.75, 3.05) is 26.4 Å². The second-order valence-electron chi connectivity index (χ2n) is 6.94. The van der Waals surface area contributed by atoms with Gasteiger partial charge in [-0.2, -0.15) is 0 Å². The lowest BCUT2D eigenvalue weighted by atomic mass is 10.1. The van der Waals surface area contributed by atoms with Gasteiger partial charge in [0.25, 0.3) is 0 Å². The highest BCUT2D eigenvalue weighted by Gasteiger charge is 2.19. The van der Waals surface area contributed by atoms with E-state index in [9.17, 15) is 0 Å². The maximum atomic E-state index is 6.77. The summed E-state index contributed by atoms with van der Waals surface area (Å²) >= 11 is 27.8. The normalized spacial score (nSPS) is 11.7. The Kier molecular flexibility index (Phi) is 13.2. The number of ether oxygens (including phenoxy) is 4. The molecule has 0 atom stereocenters. The van der Waals surface area contributed by atoms with Gasteiger partial charge in [-0.3, -0.25) is 0 Å². The number of halogens is 4. The van der Waals surface area contributed by atoms with Crippen molar-refractivity contribution in [2.24, 2.45) is 0 Å². The third-order valence-electron chi connectivity index (χ3n) is 4.56. The Bertz CT molecular complexity index is 814. The zero-order chi connectivity index (χ0) is 24.4. The summed E-state index contributed by atoms with van der Waals surface area (Å²) in [5.41, 5.74) is 1.68. The maximum absolute atomic E-state index is 6.77. The van der Waals surface area contributed by atoms with Gasteiger partial charge in [0.15, 0.2) is 12.6 Å². The SMILES string of the molecule is CCOC(Cc1cc(Cl)cc(Sc2cc(Cl)cc(CC(OCC)OCC)c2Cl)c1Cl)OCC. The van der Waals surface area contributed by atoms with Crippen molar-refractivity contribution in [1.82, 2.24) is 0 Å². The minimum atomic E-state index is -0.399. The molecule has 184 valence electrons. The third kappa shape index (κ3) is 9.06. The van der Waals surface area contributed by atoms with Crippen LogP contribution < -0.4 is 0 Å². The van der Waals surface area contributed by atoms with Crippen LogP contribution in [0.15, 0.2) is 34.1 Å². The second kappa shape index (κ2) is 15.0. The molecule has 0 aliphatic carbocycles. The van der Waals surface area contributed by atoms with Crippen molar-refractivity contribution in [3.8, 4) is 0 Å². The van der Waals surface area contributed by atoms with Crippen molar-refractivity contribution < 1.29 is 18.9 Å². The van der Waals surface area contributed by atoms with E-state index < -0.39 is 12.6 Å². The molecule has 0 N–H and O–H groups in total. The molecule has 2 aromatic carbocycles. The van der Waals surface area contributed by atoms with Crippen LogP contribution in [0.1, 0.15) is 38.8 Å². The third-order valence-corrected chi connectivity index (χ3v) is 7.20. The van der Waals surface area contributed by atoms with Gasteiger partial charge in [-0.15, -0.1) is 0 Å². The van der Waals surface area contributed by atoms with Gasteiger partial charge in [0.1, 0.15) is 0 Å². The number of hydrogen-bond donors (Lipinski definition) is 0. The topological polar surface area (TPSA) is 36.9 Å². The van der Waals surface area contributed by atoms with E-state index in [1.807, 2.05) is 52.0 Å². The Morgan fingerprint density at radius 1 is 0.606 bits per heavy atom. The minimum Gasteiger partial charge on any atom is -0.353 e. The summed E-state index contributed by atoms with van der Waals surface area (Å²) in [4.78, 5) is 1.54. The van der Waals surface area contributed by atoms with Crippen LogP contribution >= 0.6 is 58.2 Å². The Morgan fingerprint density at radius 2 is 0.939 bits per heavy atom. The van der Waals surface area contributed by atoms with Crippen LogP contribution in [0.4, 0.5) is 0 Å². The van der Waals surface area contributed by atoms with Crippen molar-refractivity contribution in [3.63, 3.8) is 0 Å². The van der Waals surface area contributed by atoms with Gasteiger partial charge in [0, 0.05) is 59.1 Å². The van der Waals surface area contributed by atoms with Crippen molar-refractivity contribution in [1.29, 1.82) is 0 Å². The highest BCUT2D eigenvalue weighted by Crippen LogP contribution is 2.43. The summed E-state index contributed by atoms with van der Waals surface area (Å²) in [6.45, 7) is 9.85. The summed E-state index contributed by atoms with van der Waals surface area (Å²) in [7, 11) is 0. The quantitative estimate of drug-likeness (QED) is 0.219. The second-order valence-corrected chi connectivity index (χ2v) is 9.66. The molecule has 4 nitrogen and oxygen atoms in total. The van der Waals surface area contributed by atoms with Gasteiger partial charge in [-0.25, -0.2) is 0 Å². The van der Waals surface area contributed by atoms with E-state index in [-0.39, 0.29) is 0 Å². The molecule has 0 fully saturated rings. The van der Waals surface area contributed by atoms with Crippen molar-refractivity contribution in [2.45, 2.75) is 62.9 Å².